The summed E-state index contributed by atoms with van der Waals surface area (Å²) in [6, 6.07) is 15.8. The number of hydrogen-bond donors (Lipinski definition) is 1. The third-order valence-electron chi connectivity index (χ3n) is 4.80. The molecule has 2 atom stereocenters. The highest BCUT2D eigenvalue weighted by atomic mass is 16.2. The molecule has 2 amide bonds. The van der Waals surface area contributed by atoms with E-state index in [4.69, 9.17) is 0 Å². The van der Waals surface area contributed by atoms with Crippen molar-refractivity contribution in [3.05, 3.63) is 65.2 Å². The number of nitrogens with zero attached hydrogens (tertiary/aromatic N) is 1. The fourth-order valence-electron chi connectivity index (χ4n) is 3.38. The summed E-state index contributed by atoms with van der Waals surface area (Å²) in [4.78, 5) is 26.8. The van der Waals surface area contributed by atoms with Gasteiger partial charge in [-0.1, -0.05) is 48.0 Å². The molecule has 0 aromatic heterocycles. The van der Waals surface area contributed by atoms with Gasteiger partial charge >= 0.3 is 0 Å². The van der Waals surface area contributed by atoms with Gasteiger partial charge in [-0.25, -0.2) is 0 Å². The smallest absolute Gasteiger partial charge is 0.227 e. The fraction of sp³-hybridized carbons (Fsp3) is 0.333. The zero-order chi connectivity index (χ0) is 18.0. The molecule has 2 aromatic carbocycles. The molecule has 1 N–H and O–H groups in total. The molecule has 0 radical (unpaired) electrons. The molecule has 0 spiro atoms. The number of rotatable bonds is 4. The maximum atomic E-state index is 12.6. The Balaban J connectivity index is 1.68. The molecule has 2 aromatic rings. The van der Waals surface area contributed by atoms with Crippen LogP contribution in [0.4, 0.5) is 5.69 Å². The summed E-state index contributed by atoms with van der Waals surface area (Å²) >= 11 is 0. The molecule has 130 valence electrons. The Morgan fingerprint density at radius 1 is 1.16 bits per heavy atom. The molecule has 4 nitrogen and oxygen atoms in total. The van der Waals surface area contributed by atoms with Crippen molar-refractivity contribution in [3.8, 4) is 0 Å². The number of benzene rings is 2. The lowest BCUT2D eigenvalue weighted by Crippen LogP contribution is -2.34. The lowest BCUT2D eigenvalue weighted by Gasteiger charge is -2.20. The van der Waals surface area contributed by atoms with E-state index < -0.39 is 0 Å². The lowest BCUT2D eigenvalue weighted by molar-refractivity contribution is -0.126. The van der Waals surface area contributed by atoms with Crippen molar-refractivity contribution in [2.24, 2.45) is 5.92 Å². The van der Waals surface area contributed by atoms with E-state index in [2.05, 4.69) is 11.4 Å². The molecule has 1 aliphatic heterocycles. The number of carbonyl (C=O) groups excluding carboxylic acids is 2. The van der Waals surface area contributed by atoms with Crippen LogP contribution in [-0.2, 0) is 9.59 Å². The SMILES string of the molecule is Cc1ccc(N2C[C@@H](C(=O)N[C@H](C)c3ccccc3)CC2=O)c(C)c1. The maximum absolute atomic E-state index is 12.6. The monoisotopic (exact) mass is 336 g/mol. The topological polar surface area (TPSA) is 49.4 Å². The summed E-state index contributed by atoms with van der Waals surface area (Å²) in [5.41, 5.74) is 4.19. The first-order valence-electron chi connectivity index (χ1n) is 8.68. The van der Waals surface area contributed by atoms with Gasteiger partial charge < -0.3 is 10.2 Å². The third-order valence-corrected chi connectivity index (χ3v) is 4.80. The van der Waals surface area contributed by atoms with Gasteiger partial charge in [-0.2, -0.15) is 0 Å². The standard InChI is InChI=1S/C21H24N2O2/c1-14-9-10-19(15(2)11-14)23-13-18(12-20(23)24)21(25)22-16(3)17-7-5-4-6-8-17/h4-11,16,18H,12-13H2,1-3H3,(H,22,25)/t16-,18+/m1/s1. The highest BCUT2D eigenvalue weighted by molar-refractivity contribution is 6.00. The third kappa shape index (κ3) is 3.73. The maximum Gasteiger partial charge on any atom is 0.227 e. The van der Waals surface area contributed by atoms with E-state index in [0.717, 1.165) is 16.8 Å². The second kappa shape index (κ2) is 7.09. The summed E-state index contributed by atoms with van der Waals surface area (Å²) < 4.78 is 0. The van der Waals surface area contributed by atoms with Crippen LogP contribution >= 0.6 is 0 Å². The van der Waals surface area contributed by atoms with Crippen LogP contribution in [0.1, 0.15) is 36.1 Å². The van der Waals surface area contributed by atoms with Crippen LogP contribution in [0.2, 0.25) is 0 Å². The fourth-order valence-corrected chi connectivity index (χ4v) is 3.38. The van der Waals surface area contributed by atoms with Crippen LogP contribution in [0.3, 0.4) is 0 Å². The first-order chi connectivity index (χ1) is 12.0. The Bertz CT molecular complexity index is 786. The Hall–Kier alpha value is -2.62. The number of nitrogens with one attached hydrogen (secondary N) is 1. The summed E-state index contributed by atoms with van der Waals surface area (Å²) in [6.07, 6.45) is 0.265. The van der Waals surface area contributed by atoms with Gasteiger partial charge in [-0.05, 0) is 38.0 Å². The molecule has 25 heavy (non-hydrogen) atoms. The van der Waals surface area contributed by atoms with Crippen molar-refractivity contribution in [2.45, 2.75) is 33.2 Å². The van der Waals surface area contributed by atoms with Crippen LogP contribution in [0.25, 0.3) is 0 Å². The zero-order valence-electron chi connectivity index (χ0n) is 15.0. The van der Waals surface area contributed by atoms with Gasteiger partial charge in [0.1, 0.15) is 0 Å². The van der Waals surface area contributed by atoms with E-state index in [9.17, 15) is 9.59 Å². The van der Waals surface area contributed by atoms with Crippen LogP contribution < -0.4 is 10.2 Å². The van der Waals surface area contributed by atoms with E-state index in [1.807, 2.05) is 63.2 Å². The number of hydrogen-bond acceptors (Lipinski definition) is 2. The molecule has 4 heteroatoms. The average Bonchev–Trinajstić information content (AvgIpc) is 2.97. The van der Waals surface area contributed by atoms with Gasteiger partial charge in [0, 0.05) is 18.7 Å². The molecular formula is C21H24N2O2. The van der Waals surface area contributed by atoms with Crippen LogP contribution in [-0.4, -0.2) is 18.4 Å². The minimum absolute atomic E-state index is 0.0134. The van der Waals surface area contributed by atoms with Gasteiger partial charge in [0.05, 0.1) is 12.0 Å². The number of aryl methyl sites for hydroxylation is 2. The molecule has 1 saturated heterocycles. The van der Waals surface area contributed by atoms with E-state index in [1.54, 1.807) is 4.90 Å². The molecule has 0 bridgehead atoms. The van der Waals surface area contributed by atoms with Crippen LogP contribution in [0.5, 0.6) is 0 Å². The second-order valence-corrected chi connectivity index (χ2v) is 6.84. The molecule has 0 unspecified atom stereocenters. The summed E-state index contributed by atoms with van der Waals surface area (Å²) in [5, 5.41) is 3.04. The van der Waals surface area contributed by atoms with Gasteiger partial charge in [0.2, 0.25) is 11.8 Å². The Morgan fingerprint density at radius 3 is 2.56 bits per heavy atom. The summed E-state index contributed by atoms with van der Waals surface area (Å²) in [5.74, 6) is -0.351. The number of carbonyl (C=O) groups is 2. The Kier molecular flexibility index (Phi) is 4.88. The predicted octanol–water partition coefficient (Wildman–Crippen LogP) is 3.53. The minimum atomic E-state index is -0.306. The zero-order valence-corrected chi connectivity index (χ0v) is 15.0. The quantitative estimate of drug-likeness (QED) is 0.928. The van der Waals surface area contributed by atoms with Crippen LogP contribution in [0, 0.1) is 19.8 Å². The Labute approximate surface area is 148 Å². The number of anilines is 1. The molecular weight excluding hydrogens is 312 g/mol. The highest BCUT2D eigenvalue weighted by Crippen LogP contribution is 2.29. The van der Waals surface area contributed by atoms with E-state index in [-0.39, 0.29) is 30.2 Å². The van der Waals surface area contributed by atoms with Crippen molar-refractivity contribution in [2.75, 3.05) is 11.4 Å². The summed E-state index contributed by atoms with van der Waals surface area (Å²) in [6.45, 7) is 6.44. The predicted molar refractivity (Wildman–Crippen MR) is 99.4 cm³/mol. The number of amides is 2. The normalized spacial score (nSPS) is 18.3. The van der Waals surface area contributed by atoms with Gasteiger partial charge in [0.25, 0.3) is 0 Å². The first kappa shape index (κ1) is 17.2. The summed E-state index contributed by atoms with van der Waals surface area (Å²) in [7, 11) is 0. The molecule has 1 fully saturated rings. The van der Waals surface area contributed by atoms with Gasteiger partial charge in [-0.15, -0.1) is 0 Å². The molecule has 0 saturated carbocycles. The molecule has 1 aliphatic rings. The Morgan fingerprint density at radius 2 is 1.88 bits per heavy atom. The second-order valence-electron chi connectivity index (χ2n) is 6.84. The van der Waals surface area contributed by atoms with Crippen LogP contribution in [0.15, 0.2) is 48.5 Å². The largest absolute Gasteiger partial charge is 0.349 e. The van der Waals surface area contributed by atoms with Crippen molar-refractivity contribution < 1.29 is 9.59 Å². The van der Waals surface area contributed by atoms with Gasteiger partial charge in [-0.3, -0.25) is 9.59 Å². The average molecular weight is 336 g/mol. The minimum Gasteiger partial charge on any atom is -0.349 e. The van der Waals surface area contributed by atoms with Crippen molar-refractivity contribution in [1.82, 2.24) is 5.32 Å². The van der Waals surface area contributed by atoms with E-state index in [0.29, 0.717) is 6.54 Å². The van der Waals surface area contributed by atoms with Gasteiger partial charge in [0.15, 0.2) is 0 Å². The molecule has 0 aliphatic carbocycles. The lowest BCUT2D eigenvalue weighted by atomic mass is 10.0. The first-order valence-corrected chi connectivity index (χ1v) is 8.68. The van der Waals surface area contributed by atoms with E-state index in [1.165, 1.54) is 5.56 Å². The van der Waals surface area contributed by atoms with Crippen molar-refractivity contribution in [3.63, 3.8) is 0 Å². The highest BCUT2D eigenvalue weighted by Gasteiger charge is 2.36. The molecule has 1 heterocycles. The molecule has 3 rings (SSSR count). The van der Waals surface area contributed by atoms with Crippen molar-refractivity contribution >= 4 is 17.5 Å². The van der Waals surface area contributed by atoms with Crippen molar-refractivity contribution in [1.29, 1.82) is 0 Å². The van der Waals surface area contributed by atoms with E-state index >= 15 is 0 Å².